The molecule has 1 fully saturated rings. The normalized spacial score (nSPS) is 19.9. The molecular formula is C29H44NO14P. The molecule has 2 aliphatic rings. The van der Waals surface area contributed by atoms with Crippen LogP contribution in [0.3, 0.4) is 0 Å². The second-order valence-electron chi connectivity index (χ2n) is 10.8. The molecule has 0 saturated carbocycles. The summed E-state index contributed by atoms with van der Waals surface area (Å²) in [6, 6.07) is 5.92. The van der Waals surface area contributed by atoms with Gasteiger partial charge >= 0.3 is 20.1 Å². The first kappa shape index (κ1) is 36.4. The van der Waals surface area contributed by atoms with Crippen molar-refractivity contribution in [3.63, 3.8) is 0 Å². The van der Waals surface area contributed by atoms with Gasteiger partial charge in [-0.25, -0.2) is 23.2 Å². The zero-order chi connectivity index (χ0) is 33.0. The Labute approximate surface area is 263 Å². The molecule has 3 rings (SSSR count). The summed E-state index contributed by atoms with van der Waals surface area (Å²) in [5.74, 6) is 1.67. The van der Waals surface area contributed by atoms with E-state index in [2.05, 4.69) is 4.90 Å². The molecule has 254 valence electrons. The number of fused-ring (bicyclic) bond motifs is 1. The predicted molar refractivity (Wildman–Crippen MR) is 157 cm³/mol. The molecule has 0 spiro atoms. The Kier molecular flexibility index (Phi) is 13.8. The molecular weight excluding hydrogens is 617 g/mol. The molecule has 0 radical (unpaired) electrons. The number of hydrogen-bond donors (Lipinski definition) is 0. The summed E-state index contributed by atoms with van der Waals surface area (Å²) >= 11 is 0. The van der Waals surface area contributed by atoms with Crippen LogP contribution in [-0.2, 0) is 52.0 Å². The number of carbonyl (C=O) groups excluding carboxylic acids is 2. The highest BCUT2D eigenvalue weighted by atomic mass is 31.2. The van der Waals surface area contributed by atoms with Crippen LogP contribution in [-0.4, -0.2) is 90.4 Å². The van der Waals surface area contributed by atoms with Crippen LogP contribution in [0.25, 0.3) is 0 Å². The van der Waals surface area contributed by atoms with Crippen molar-refractivity contribution in [2.45, 2.75) is 70.6 Å². The van der Waals surface area contributed by atoms with Crippen LogP contribution < -0.4 is 9.47 Å². The summed E-state index contributed by atoms with van der Waals surface area (Å²) in [5, 5.41) is 0. The maximum absolute atomic E-state index is 13.7. The zero-order valence-corrected chi connectivity index (χ0v) is 27.7. The lowest BCUT2D eigenvalue weighted by Crippen LogP contribution is -2.43. The van der Waals surface area contributed by atoms with Gasteiger partial charge < -0.3 is 47.3 Å². The van der Waals surface area contributed by atoms with Crippen molar-refractivity contribution < 1.29 is 65.6 Å². The molecule has 0 N–H and O–H groups in total. The number of methoxy groups -OCH3 is 2. The van der Waals surface area contributed by atoms with Crippen molar-refractivity contribution in [1.82, 2.24) is 4.90 Å². The third-order valence-corrected chi connectivity index (χ3v) is 8.43. The van der Waals surface area contributed by atoms with Crippen LogP contribution >= 0.6 is 7.82 Å². The Balaban J connectivity index is 1.68. The van der Waals surface area contributed by atoms with E-state index in [9.17, 15) is 14.2 Å². The van der Waals surface area contributed by atoms with Gasteiger partial charge in [-0.1, -0.05) is 6.07 Å². The molecule has 1 aliphatic carbocycles. The summed E-state index contributed by atoms with van der Waals surface area (Å²) in [6.07, 6.45) is 1.11. The van der Waals surface area contributed by atoms with Crippen LogP contribution in [0.5, 0.6) is 11.5 Å². The standard InChI is InChI=1S/C29H44NO14P/c1-20(2)42-27(31)38-16-36-18-40-45(33,41-19-37-17-39-28(32)43-21(3)4)44-23-10-11-29(12-13-30(5)26(29)15-23)22-8-9-24(34-6)25(14-22)35-7/h8-10,14,20-21,26H,11-13,15-19H2,1-7H3/t26-,29-/m0/s1. The fraction of sp³-hybridized carbons (Fsp3) is 0.655. The SMILES string of the molecule is COc1ccc([C@@]23CC=C(OP(=O)(OCOCOC(=O)OC(C)C)OCOCOC(=O)OC(C)C)C[C@@H]2N(C)CC3)cc1OC. The molecule has 15 nitrogen and oxygen atoms in total. The Bertz CT molecular complexity index is 1170. The number of phosphoric acid groups is 1. The Morgan fingerprint density at radius 2 is 1.49 bits per heavy atom. The predicted octanol–water partition coefficient (Wildman–Crippen LogP) is 5.47. The van der Waals surface area contributed by atoms with Gasteiger partial charge in [0.15, 0.2) is 38.7 Å². The molecule has 0 amide bonds. The van der Waals surface area contributed by atoms with Crippen molar-refractivity contribution in [2.24, 2.45) is 0 Å². The topological polar surface area (TPSA) is 156 Å². The minimum absolute atomic E-state index is 0.00251. The maximum Gasteiger partial charge on any atom is 0.534 e. The minimum atomic E-state index is -4.35. The van der Waals surface area contributed by atoms with E-state index in [1.54, 1.807) is 41.9 Å². The van der Waals surface area contributed by atoms with Gasteiger partial charge in [-0.3, -0.25) is 0 Å². The quantitative estimate of drug-likeness (QED) is 0.0896. The summed E-state index contributed by atoms with van der Waals surface area (Å²) in [4.78, 5) is 25.3. The average Bonchev–Trinajstić information content (AvgIpc) is 3.32. The van der Waals surface area contributed by atoms with Crippen LogP contribution in [0.2, 0.25) is 0 Å². The molecule has 1 aliphatic heterocycles. The third kappa shape index (κ3) is 10.5. The van der Waals surface area contributed by atoms with Crippen molar-refractivity contribution in [3.8, 4) is 11.5 Å². The lowest BCUT2D eigenvalue weighted by molar-refractivity contribution is -0.114. The van der Waals surface area contributed by atoms with Gasteiger partial charge in [0.25, 0.3) is 0 Å². The lowest BCUT2D eigenvalue weighted by Gasteiger charge is -2.41. The van der Waals surface area contributed by atoms with Crippen molar-refractivity contribution >= 4 is 20.1 Å². The number of allylic oxidation sites excluding steroid dienone is 1. The number of likely N-dealkylation sites (N-methyl/N-ethyl adjacent to an activating group) is 1. The number of benzene rings is 1. The number of likely N-dealkylation sites (tertiary alicyclic amines) is 1. The van der Waals surface area contributed by atoms with Crippen molar-refractivity contribution in [3.05, 3.63) is 35.6 Å². The zero-order valence-electron chi connectivity index (χ0n) is 26.8. The Hall–Kier alpha value is -3.07. The van der Waals surface area contributed by atoms with Crippen LogP contribution in [0.1, 0.15) is 52.5 Å². The summed E-state index contributed by atoms with van der Waals surface area (Å²) in [6.45, 7) is 5.20. The number of hydrogen-bond acceptors (Lipinski definition) is 15. The lowest BCUT2D eigenvalue weighted by atomic mass is 9.68. The molecule has 0 unspecified atom stereocenters. The van der Waals surface area contributed by atoms with Crippen LogP contribution in [0.15, 0.2) is 30.0 Å². The van der Waals surface area contributed by atoms with Crippen molar-refractivity contribution in [1.29, 1.82) is 0 Å². The van der Waals surface area contributed by atoms with Crippen LogP contribution in [0.4, 0.5) is 9.59 Å². The van der Waals surface area contributed by atoms with Gasteiger partial charge in [-0.2, -0.15) is 0 Å². The molecule has 1 saturated heterocycles. The van der Waals surface area contributed by atoms with Gasteiger partial charge in [0, 0.05) is 17.9 Å². The van der Waals surface area contributed by atoms with Gasteiger partial charge in [0.2, 0.25) is 0 Å². The van der Waals surface area contributed by atoms with E-state index in [1.807, 2.05) is 31.3 Å². The molecule has 0 aromatic heterocycles. The monoisotopic (exact) mass is 661 g/mol. The van der Waals surface area contributed by atoms with Crippen LogP contribution in [0, 0.1) is 0 Å². The Morgan fingerprint density at radius 1 is 0.911 bits per heavy atom. The second kappa shape index (κ2) is 17.0. The molecule has 2 atom stereocenters. The van der Waals surface area contributed by atoms with E-state index >= 15 is 0 Å². The Morgan fingerprint density at radius 3 is 2.02 bits per heavy atom. The number of phosphoric ester groups is 1. The number of carbonyl (C=O) groups is 2. The maximum atomic E-state index is 13.7. The van der Waals surface area contributed by atoms with Crippen molar-refractivity contribution in [2.75, 3.05) is 55.0 Å². The smallest absolute Gasteiger partial charge is 0.493 e. The van der Waals surface area contributed by atoms with E-state index in [1.165, 1.54) is 0 Å². The molecule has 0 bridgehead atoms. The highest BCUT2D eigenvalue weighted by Crippen LogP contribution is 2.55. The van der Waals surface area contributed by atoms with E-state index in [-0.39, 0.29) is 23.7 Å². The molecule has 1 aromatic rings. The first-order valence-electron chi connectivity index (χ1n) is 14.4. The summed E-state index contributed by atoms with van der Waals surface area (Å²) in [7, 11) is 0.867. The molecule has 16 heteroatoms. The van der Waals surface area contributed by atoms with E-state index < -0.39 is 47.3 Å². The fourth-order valence-corrected chi connectivity index (χ4v) is 6.12. The largest absolute Gasteiger partial charge is 0.534 e. The highest BCUT2D eigenvalue weighted by molar-refractivity contribution is 7.48. The molecule has 1 heterocycles. The second-order valence-corrected chi connectivity index (χ2v) is 12.4. The van der Waals surface area contributed by atoms with Gasteiger partial charge in [-0.15, -0.1) is 0 Å². The van der Waals surface area contributed by atoms with Gasteiger partial charge in [0.05, 0.1) is 26.4 Å². The third-order valence-electron chi connectivity index (χ3n) is 7.13. The summed E-state index contributed by atoms with van der Waals surface area (Å²) < 4.78 is 70.6. The first-order chi connectivity index (χ1) is 21.4. The fourth-order valence-electron chi connectivity index (χ4n) is 5.09. The van der Waals surface area contributed by atoms with Gasteiger partial charge in [0.1, 0.15) is 5.76 Å². The minimum Gasteiger partial charge on any atom is -0.493 e. The van der Waals surface area contributed by atoms with E-state index in [0.29, 0.717) is 30.1 Å². The summed E-state index contributed by atoms with van der Waals surface area (Å²) in [5.41, 5.74) is 0.845. The molecule has 45 heavy (non-hydrogen) atoms. The van der Waals surface area contributed by atoms with E-state index in [4.69, 9.17) is 51.5 Å². The number of rotatable bonds is 17. The number of ether oxygens (including phenoxy) is 8. The number of nitrogens with zero attached hydrogens (tertiary/aromatic N) is 1. The van der Waals surface area contributed by atoms with Gasteiger partial charge in [-0.05, 0) is 77.9 Å². The molecule has 1 aromatic carbocycles. The highest BCUT2D eigenvalue weighted by Gasteiger charge is 2.50. The van der Waals surface area contributed by atoms with E-state index in [0.717, 1.165) is 18.5 Å². The average molecular weight is 662 g/mol. The first-order valence-corrected chi connectivity index (χ1v) is 15.9.